The summed E-state index contributed by atoms with van der Waals surface area (Å²) in [7, 11) is 0. The second kappa shape index (κ2) is 5.61. The lowest BCUT2D eigenvalue weighted by Gasteiger charge is -1.96. The molecule has 0 aromatic heterocycles. The zero-order valence-corrected chi connectivity index (χ0v) is 11.4. The van der Waals surface area contributed by atoms with E-state index in [-0.39, 0.29) is 16.9 Å². The molecule has 1 aromatic rings. The van der Waals surface area contributed by atoms with Crippen LogP contribution in [-0.4, -0.2) is 16.1 Å². The Labute approximate surface area is 125 Å². The standard InChI is InChI=1S/C16H11N3O3/c20-16-15(12-7-2-1-3-8-13(12)18-16)17-10-11-6-4-5-9-14(11)19(21)22/h1-10H,(H,18,20)/b17-10+. The zero-order chi connectivity index (χ0) is 15.5. The molecule has 108 valence electrons. The second-order valence-corrected chi connectivity index (χ2v) is 4.61. The number of benzene rings is 1. The van der Waals surface area contributed by atoms with Crippen LogP contribution in [0.2, 0.25) is 0 Å². The minimum absolute atomic E-state index is 0.0518. The van der Waals surface area contributed by atoms with E-state index in [1.165, 1.54) is 12.3 Å². The van der Waals surface area contributed by atoms with Crippen LogP contribution in [0.25, 0.3) is 11.3 Å². The third kappa shape index (κ3) is 2.49. The van der Waals surface area contributed by atoms with E-state index in [1.54, 1.807) is 36.4 Å². The number of nitrogens with one attached hydrogen (secondary N) is 1. The number of para-hydroxylation sites is 1. The largest absolute Gasteiger partial charge is 0.320 e. The molecule has 6 nitrogen and oxygen atoms in total. The molecule has 0 amide bonds. The van der Waals surface area contributed by atoms with Crippen molar-refractivity contribution in [3.8, 4) is 11.3 Å². The first-order valence-electron chi connectivity index (χ1n) is 6.55. The van der Waals surface area contributed by atoms with Gasteiger partial charge in [0.25, 0.3) is 11.2 Å². The van der Waals surface area contributed by atoms with E-state index in [2.05, 4.69) is 9.98 Å². The fraction of sp³-hybridized carbons (Fsp3) is 0. The maximum atomic E-state index is 12.0. The van der Waals surface area contributed by atoms with Crippen LogP contribution in [-0.2, 0) is 0 Å². The van der Waals surface area contributed by atoms with Crippen LogP contribution in [0.3, 0.4) is 0 Å². The van der Waals surface area contributed by atoms with Gasteiger partial charge >= 0.3 is 0 Å². The average Bonchev–Trinajstić information content (AvgIpc) is 2.67. The molecule has 3 rings (SSSR count). The fourth-order valence-corrected chi connectivity index (χ4v) is 2.19. The molecule has 1 heterocycles. The number of H-pyrrole nitrogens is 1. The molecule has 0 spiro atoms. The highest BCUT2D eigenvalue weighted by Crippen LogP contribution is 2.27. The number of nitro benzene ring substituents is 1. The number of nitro groups is 1. The van der Waals surface area contributed by atoms with Gasteiger partial charge in [0.15, 0.2) is 0 Å². The summed E-state index contributed by atoms with van der Waals surface area (Å²) >= 11 is 0. The van der Waals surface area contributed by atoms with Gasteiger partial charge in [-0.25, -0.2) is 4.99 Å². The number of hydrogen-bond acceptors (Lipinski definition) is 4. The summed E-state index contributed by atoms with van der Waals surface area (Å²) in [6, 6.07) is 15.3. The van der Waals surface area contributed by atoms with Gasteiger partial charge in [-0.3, -0.25) is 14.9 Å². The van der Waals surface area contributed by atoms with Gasteiger partial charge in [0.2, 0.25) is 0 Å². The number of aromatic nitrogens is 1. The summed E-state index contributed by atoms with van der Waals surface area (Å²) in [6.07, 6.45) is 1.34. The highest BCUT2D eigenvalue weighted by molar-refractivity contribution is 5.89. The first kappa shape index (κ1) is 13.7. The molecular formula is C16H11N3O3. The minimum atomic E-state index is -0.477. The summed E-state index contributed by atoms with van der Waals surface area (Å²) in [6.45, 7) is 0. The van der Waals surface area contributed by atoms with Gasteiger partial charge in [-0.1, -0.05) is 36.4 Å². The van der Waals surface area contributed by atoms with Crippen LogP contribution in [0, 0.1) is 10.1 Å². The van der Waals surface area contributed by atoms with Crippen molar-refractivity contribution in [3.05, 3.63) is 80.6 Å². The van der Waals surface area contributed by atoms with Crippen LogP contribution in [0.4, 0.5) is 11.4 Å². The first-order chi connectivity index (χ1) is 10.7. The van der Waals surface area contributed by atoms with Gasteiger partial charge in [0.05, 0.1) is 16.2 Å². The Balaban J connectivity index is 2.07. The lowest BCUT2D eigenvalue weighted by atomic mass is 10.2. The van der Waals surface area contributed by atoms with E-state index in [9.17, 15) is 14.9 Å². The predicted molar refractivity (Wildman–Crippen MR) is 84.0 cm³/mol. The summed E-state index contributed by atoms with van der Waals surface area (Å²) in [4.78, 5) is 29.4. The van der Waals surface area contributed by atoms with Crippen molar-refractivity contribution in [2.45, 2.75) is 0 Å². The Hall–Kier alpha value is -3.28. The molecule has 0 saturated carbocycles. The van der Waals surface area contributed by atoms with Crippen molar-refractivity contribution in [2.24, 2.45) is 4.99 Å². The van der Waals surface area contributed by atoms with E-state index in [0.717, 1.165) is 0 Å². The van der Waals surface area contributed by atoms with Crippen LogP contribution in [0.15, 0.2) is 64.4 Å². The Morgan fingerprint density at radius 2 is 1.77 bits per heavy atom. The van der Waals surface area contributed by atoms with Crippen molar-refractivity contribution >= 4 is 17.6 Å². The summed E-state index contributed by atoms with van der Waals surface area (Å²) in [5.74, 6) is 0. The SMILES string of the molecule is O=c1[nH]c2cccccc-2c1/N=C/c1ccccc1[N+](=O)[O-]. The lowest BCUT2D eigenvalue weighted by Crippen LogP contribution is -1.97. The zero-order valence-electron chi connectivity index (χ0n) is 11.4. The second-order valence-electron chi connectivity index (χ2n) is 4.61. The Morgan fingerprint density at radius 1 is 1.05 bits per heavy atom. The molecule has 0 unspecified atom stereocenters. The maximum Gasteiger partial charge on any atom is 0.278 e. The third-order valence-electron chi connectivity index (χ3n) is 3.22. The Bertz CT molecular complexity index is 899. The van der Waals surface area contributed by atoms with Crippen LogP contribution >= 0.6 is 0 Å². The average molecular weight is 293 g/mol. The van der Waals surface area contributed by atoms with E-state index in [1.807, 2.05) is 12.1 Å². The van der Waals surface area contributed by atoms with Gasteiger partial charge < -0.3 is 4.98 Å². The molecule has 2 aliphatic rings. The summed E-state index contributed by atoms with van der Waals surface area (Å²) in [5.41, 5.74) is 1.56. The van der Waals surface area contributed by atoms with Crippen molar-refractivity contribution in [3.63, 3.8) is 0 Å². The molecule has 0 saturated heterocycles. The molecule has 0 bridgehead atoms. The highest BCUT2D eigenvalue weighted by Gasteiger charge is 2.14. The van der Waals surface area contributed by atoms with Gasteiger partial charge in [-0.2, -0.15) is 0 Å². The molecule has 6 heteroatoms. The topological polar surface area (TPSA) is 88.4 Å². The number of fused-ring (bicyclic) bond motifs is 1. The lowest BCUT2D eigenvalue weighted by molar-refractivity contribution is -0.385. The maximum absolute atomic E-state index is 12.0. The van der Waals surface area contributed by atoms with Crippen molar-refractivity contribution < 1.29 is 4.92 Å². The van der Waals surface area contributed by atoms with Crippen molar-refractivity contribution in [2.75, 3.05) is 0 Å². The highest BCUT2D eigenvalue weighted by atomic mass is 16.6. The number of rotatable bonds is 3. The van der Waals surface area contributed by atoms with Crippen molar-refractivity contribution in [1.29, 1.82) is 0 Å². The van der Waals surface area contributed by atoms with Crippen molar-refractivity contribution in [1.82, 2.24) is 4.98 Å². The molecule has 1 N–H and O–H groups in total. The van der Waals surface area contributed by atoms with Gasteiger partial charge in [-0.05, 0) is 12.1 Å². The smallest absolute Gasteiger partial charge is 0.278 e. The summed E-state index contributed by atoms with van der Waals surface area (Å²) < 4.78 is 0. The van der Waals surface area contributed by atoms with Crippen LogP contribution in [0.5, 0.6) is 0 Å². The van der Waals surface area contributed by atoms with E-state index < -0.39 is 4.92 Å². The molecule has 22 heavy (non-hydrogen) atoms. The minimum Gasteiger partial charge on any atom is -0.320 e. The van der Waals surface area contributed by atoms with Gasteiger partial charge in [0.1, 0.15) is 5.69 Å². The monoisotopic (exact) mass is 293 g/mol. The number of aromatic amines is 1. The Kier molecular flexibility index (Phi) is 3.49. The van der Waals surface area contributed by atoms with Crippen LogP contribution < -0.4 is 5.56 Å². The first-order valence-corrected chi connectivity index (χ1v) is 6.55. The molecule has 1 aliphatic heterocycles. The summed E-state index contributed by atoms with van der Waals surface area (Å²) in [5, 5.41) is 11.0. The molecule has 0 radical (unpaired) electrons. The van der Waals surface area contributed by atoms with E-state index in [4.69, 9.17) is 0 Å². The number of hydrogen-bond donors (Lipinski definition) is 1. The molecule has 0 fully saturated rings. The number of nitrogens with zero attached hydrogens (tertiary/aromatic N) is 2. The number of aliphatic imine (C=N–C) groups is 1. The van der Waals surface area contributed by atoms with Crippen LogP contribution in [0.1, 0.15) is 5.56 Å². The predicted octanol–water partition coefficient (Wildman–Crippen LogP) is 3.14. The van der Waals surface area contributed by atoms with E-state index >= 15 is 0 Å². The molecule has 0 atom stereocenters. The van der Waals surface area contributed by atoms with E-state index in [0.29, 0.717) is 16.8 Å². The molecule has 1 aliphatic carbocycles. The van der Waals surface area contributed by atoms with Gasteiger partial charge in [-0.15, -0.1) is 0 Å². The Morgan fingerprint density at radius 3 is 2.59 bits per heavy atom. The molecular weight excluding hydrogens is 282 g/mol. The quantitative estimate of drug-likeness (QED) is 0.457. The molecule has 1 aromatic carbocycles. The normalized spacial score (nSPS) is 11.1. The van der Waals surface area contributed by atoms with Gasteiger partial charge in [0, 0.05) is 17.8 Å². The fourth-order valence-electron chi connectivity index (χ4n) is 2.19. The third-order valence-corrected chi connectivity index (χ3v) is 3.22.